The first kappa shape index (κ1) is 9.79. The van der Waals surface area contributed by atoms with Crippen LogP contribution in [-0.4, -0.2) is 0 Å². The van der Waals surface area contributed by atoms with Crippen LogP contribution in [0.4, 0.5) is 0 Å². The van der Waals surface area contributed by atoms with Crippen molar-refractivity contribution in [2.45, 2.75) is 45.4 Å². The molecule has 0 bridgehead atoms. The van der Waals surface area contributed by atoms with Crippen molar-refractivity contribution in [1.82, 2.24) is 0 Å². The Balaban J connectivity index is 2.59. The van der Waals surface area contributed by atoms with Crippen LogP contribution < -0.4 is 0 Å². The maximum atomic E-state index is 3.15. The summed E-state index contributed by atoms with van der Waals surface area (Å²) in [6, 6.07) is 2.13. The van der Waals surface area contributed by atoms with Crippen LogP contribution in [0, 0.1) is 5.38 Å². The van der Waals surface area contributed by atoms with E-state index in [1.807, 2.05) is 0 Å². The van der Waals surface area contributed by atoms with Crippen molar-refractivity contribution in [3.8, 4) is 0 Å². The van der Waals surface area contributed by atoms with E-state index in [4.69, 9.17) is 0 Å². The topological polar surface area (TPSA) is 0 Å². The molecule has 0 saturated carbocycles. The zero-order valence-corrected chi connectivity index (χ0v) is 9.00. The Morgan fingerprint density at radius 3 is 2.75 bits per heavy atom. The largest absolute Gasteiger partial charge is 0.143 e. The van der Waals surface area contributed by atoms with Crippen molar-refractivity contribution in [2.24, 2.45) is 0 Å². The lowest BCUT2D eigenvalue weighted by Gasteiger charge is -2.23. The van der Waals surface area contributed by atoms with Gasteiger partial charge in [-0.05, 0) is 28.8 Å². The van der Waals surface area contributed by atoms with E-state index in [2.05, 4.69) is 37.6 Å². The maximum Gasteiger partial charge on any atom is 0.0445 e. The van der Waals surface area contributed by atoms with Crippen molar-refractivity contribution >= 4 is 11.3 Å². The first-order valence-corrected chi connectivity index (χ1v) is 5.50. The van der Waals surface area contributed by atoms with Gasteiger partial charge in [0.2, 0.25) is 0 Å². The molecule has 12 heavy (non-hydrogen) atoms. The van der Waals surface area contributed by atoms with Crippen LogP contribution in [0.5, 0.6) is 0 Å². The summed E-state index contributed by atoms with van der Waals surface area (Å²) in [5, 5.41) is 5.37. The maximum absolute atomic E-state index is 3.15. The standard InChI is InChI=1S/C11H17S/c1-4-5-7-11(2,3)10-6-8-12-9-10/h6,9H,4-5,7H2,1-3H3. The molecule has 0 aliphatic carbocycles. The highest BCUT2D eigenvalue weighted by atomic mass is 32.1. The van der Waals surface area contributed by atoms with Crippen molar-refractivity contribution < 1.29 is 0 Å². The molecular formula is C11H17S. The van der Waals surface area contributed by atoms with Gasteiger partial charge < -0.3 is 0 Å². The van der Waals surface area contributed by atoms with Crippen LogP contribution in [-0.2, 0) is 5.41 Å². The smallest absolute Gasteiger partial charge is 0.0445 e. The molecule has 1 radical (unpaired) electrons. The molecule has 0 N–H and O–H groups in total. The van der Waals surface area contributed by atoms with Gasteiger partial charge in [-0.3, -0.25) is 0 Å². The van der Waals surface area contributed by atoms with Crippen LogP contribution in [0.3, 0.4) is 0 Å². The van der Waals surface area contributed by atoms with Gasteiger partial charge in [0.25, 0.3) is 0 Å². The summed E-state index contributed by atoms with van der Waals surface area (Å²) >= 11 is 1.67. The van der Waals surface area contributed by atoms with Crippen molar-refractivity contribution in [2.75, 3.05) is 0 Å². The molecule has 0 aromatic carbocycles. The van der Waals surface area contributed by atoms with E-state index in [9.17, 15) is 0 Å². The van der Waals surface area contributed by atoms with E-state index >= 15 is 0 Å². The molecule has 0 aliphatic rings. The predicted octanol–water partition coefficient (Wildman–Crippen LogP) is 4.02. The average Bonchev–Trinajstić information content (AvgIpc) is 2.53. The molecule has 0 amide bonds. The SMILES string of the molecule is CCCCC(C)(C)c1c[c]sc1. The molecule has 0 unspecified atom stereocenters. The molecule has 0 saturated heterocycles. The van der Waals surface area contributed by atoms with Crippen LogP contribution in [0.2, 0.25) is 0 Å². The Kier molecular flexibility index (Phi) is 3.33. The van der Waals surface area contributed by atoms with Gasteiger partial charge in [0.05, 0.1) is 0 Å². The molecule has 1 heterocycles. The van der Waals surface area contributed by atoms with Crippen LogP contribution in [0.1, 0.15) is 45.6 Å². The molecule has 1 aromatic heterocycles. The highest BCUT2D eigenvalue weighted by Crippen LogP contribution is 2.29. The molecular weight excluding hydrogens is 164 g/mol. The van der Waals surface area contributed by atoms with Crippen LogP contribution in [0.15, 0.2) is 11.4 Å². The zero-order valence-electron chi connectivity index (χ0n) is 8.18. The van der Waals surface area contributed by atoms with Gasteiger partial charge in [-0.2, -0.15) is 0 Å². The van der Waals surface area contributed by atoms with E-state index in [-0.39, 0.29) is 0 Å². The number of rotatable bonds is 4. The van der Waals surface area contributed by atoms with E-state index in [0.717, 1.165) is 0 Å². The van der Waals surface area contributed by atoms with Gasteiger partial charge in [0.15, 0.2) is 0 Å². The third kappa shape index (κ3) is 2.34. The molecule has 1 rings (SSSR count). The average molecular weight is 181 g/mol. The second kappa shape index (κ2) is 4.08. The van der Waals surface area contributed by atoms with Gasteiger partial charge in [-0.15, -0.1) is 11.3 Å². The minimum absolute atomic E-state index is 0.354. The second-order valence-corrected chi connectivity index (χ2v) is 4.65. The number of hydrogen-bond acceptors (Lipinski definition) is 1. The Labute approximate surface area is 79.6 Å². The fourth-order valence-corrected chi connectivity index (χ4v) is 2.12. The normalized spacial score (nSPS) is 11.9. The lowest BCUT2D eigenvalue weighted by atomic mass is 9.82. The predicted molar refractivity (Wildman–Crippen MR) is 55.7 cm³/mol. The lowest BCUT2D eigenvalue weighted by molar-refractivity contribution is 0.459. The van der Waals surface area contributed by atoms with E-state index < -0.39 is 0 Å². The fraction of sp³-hybridized carbons (Fsp3) is 0.636. The summed E-state index contributed by atoms with van der Waals surface area (Å²) in [6.45, 7) is 6.88. The first-order valence-electron chi connectivity index (χ1n) is 4.62. The van der Waals surface area contributed by atoms with Gasteiger partial charge in [-0.1, -0.05) is 33.6 Å². The molecule has 1 aromatic rings. The third-order valence-electron chi connectivity index (χ3n) is 2.41. The number of thiophene rings is 1. The van der Waals surface area contributed by atoms with Crippen molar-refractivity contribution in [3.63, 3.8) is 0 Å². The van der Waals surface area contributed by atoms with Gasteiger partial charge in [0.1, 0.15) is 0 Å². The Hall–Kier alpha value is -0.300. The minimum atomic E-state index is 0.354. The summed E-state index contributed by atoms with van der Waals surface area (Å²) in [5.41, 5.74) is 1.80. The lowest BCUT2D eigenvalue weighted by Crippen LogP contribution is -2.15. The molecule has 0 nitrogen and oxygen atoms in total. The molecule has 0 fully saturated rings. The monoisotopic (exact) mass is 181 g/mol. The quantitative estimate of drug-likeness (QED) is 0.658. The van der Waals surface area contributed by atoms with E-state index in [1.54, 1.807) is 11.3 Å². The molecule has 67 valence electrons. The van der Waals surface area contributed by atoms with E-state index in [0.29, 0.717) is 5.41 Å². The van der Waals surface area contributed by atoms with Gasteiger partial charge in [-0.25, -0.2) is 0 Å². The van der Waals surface area contributed by atoms with Gasteiger partial charge >= 0.3 is 0 Å². The Morgan fingerprint density at radius 2 is 2.25 bits per heavy atom. The second-order valence-electron chi connectivity index (χ2n) is 3.94. The molecule has 0 aliphatic heterocycles. The Morgan fingerprint density at radius 1 is 1.50 bits per heavy atom. The summed E-state index contributed by atoms with van der Waals surface area (Å²) < 4.78 is 0. The zero-order chi connectivity index (χ0) is 9.03. The van der Waals surface area contributed by atoms with Crippen molar-refractivity contribution in [1.29, 1.82) is 0 Å². The summed E-state index contributed by atoms with van der Waals surface area (Å²) in [4.78, 5) is 0. The van der Waals surface area contributed by atoms with Crippen LogP contribution in [0.25, 0.3) is 0 Å². The highest BCUT2D eigenvalue weighted by Gasteiger charge is 2.19. The number of hydrogen-bond donors (Lipinski definition) is 0. The molecule has 0 atom stereocenters. The first-order chi connectivity index (χ1) is 5.67. The third-order valence-corrected chi connectivity index (χ3v) is 3.03. The van der Waals surface area contributed by atoms with Crippen LogP contribution >= 0.6 is 11.3 Å². The van der Waals surface area contributed by atoms with Crippen molar-refractivity contribution in [3.05, 3.63) is 22.4 Å². The summed E-state index contributed by atoms with van der Waals surface area (Å²) in [5.74, 6) is 0. The minimum Gasteiger partial charge on any atom is -0.143 e. The summed E-state index contributed by atoms with van der Waals surface area (Å²) in [6.07, 6.45) is 3.90. The van der Waals surface area contributed by atoms with E-state index in [1.165, 1.54) is 24.8 Å². The summed E-state index contributed by atoms with van der Waals surface area (Å²) in [7, 11) is 0. The fourth-order valence-electron chi connectivity index (χ4n) is 1.35. The van der Waals surface area contributed by atoms with Gasteiger partial charge in [0, 0.05) is 5.38 Å². The highest BCUT2D eigenvalue weighted by molar-refractivity contribution is 7.07. The molecule has 0 spiro atoms. The molecule has 1 heteroatoms. The Bertz CT molecular complexity index is 209. The number of unbranched alkanes of at least 4 members (excludes halogenated alkanes) is 1.